The fourth-order valence-electron chi connectivity index (χ4n) is 2.24. The second-order valence-electron chi connectivity index (χ2n) is 4.77. The molecule has 5 heteroatoms. The number of hydrogen-bond acceptors (Lipinski definition) is 2. The first-order valence-electron chi connectivity index (χ1n) is 6.63. The highest BCUT2D eigenvalue weighted by Crippen LogP contribution is 2.22. The van der Waals surface area contributed by atoms with E-state index in [1.165, 1.54) is 25.0 Å². The lowest BCUT2D eigenvalue weighted by Gasteiger charge is -2.20. The highest BCUT2D eigenvalue weighted by Gasteiger charge is 2.15. The minimum atomic E-state index is -0.380. The van der Waals surface area contributed by atoms with Gasteiger partial charge in [-0.1, -0.05) is 24.4 Å². The Morgan fingerprint density at radius 3 is 2.58 bits per heavy atom. The first kappa shape index (κ1) is 14.1. The summed E-state index contributed by atoms with van der Waals surface area (Å²) in [5, 5.41) is 3.26. The maximum absolute atomic E-state index is 12.9. The molecule has 1 aromatic carbocycles. The summed E-state index contributed by atoms with van der Waals surface area (Å²) in [7, 11) is 0. The van der Waals surface area contributed by atoms with E-state index in [1.54, 1.807) is 6.07 Å². The molecule has 1 fully saturated rings. The molecule has 1 amide bonds. The Balaban J connectivity index is 1.88. The van der Waals surface area contributed by atoms with Crippen LogP contribution in [0.25, 0.3) is 0 Å². The predicted molar refractivity (Wildman–Crippen MR) is 74.9 cm³/mol. The Labute approximate surface area is 117 Å². The Hall–Kier alpha value is -1.29. The molecule has 0 aromatic heterocycles. The lowest BCUT2D eigenvalue weighted by molar-refractivity contribution is -0.129. The quantitative estimate of drug-likeness (QED) is 0.924. The van der Waals surface area contributed by atoms with Crippen LogP contribution in [-0.2, 0) is 4.79 Å². The molecule has 1 aliphatic rings. The molecule has 0 aliphatic carbocycles. The zero-order valence-electron chi connectivity index (χ0n) is 10.8. The zero-order valence-corrected chi connectivity index (χ0v) is 11.5. The summed E-state index contributed by atoms with van der Waals surface area (Å²) in [6, 6.07) is 4.11. The van der Waals surface area contributed by atoms with E-state index < -0.39 is 0 Å². The van der Waals surface area contributed by atoms with Gasteiger partial charge in [-0.05, 0) is 31.0 Å². The molecular formula is C14H18ClFN2O. The van der Waals surface area contributed by atoms with Crippen LogP contribution in [0.4, 0.5) is 10.1 Å². The molecule has 0 bridgehead atoms. The van der Waals surface area contributed by atoms with Crippen LogP contribution in [-0.4, -0.2) is 30.4 Å². The van der Waals surface area contributed by atoms with E-state index in [1.807, 2.05) is 4.90 Å². The zero-order chi connectivity index (χ0) is 13.7. The monoisotopic (exact) mass is 284 g/mol. The largest absolute Gasteiger partial charge is 0.375 e. The van der Waals surface area contributed by atoms with Crippen LogP contribution < -0.4 is 5.32 Å². The summed E-state index contributed by atoms with van der Waals surface area (Å²) >= 11 is 5.90. The summed E-state index contributed by atoms with van der Waals surface area (Å²) in [5.74, 6) is -0.309. The van der Waals surface area contributed by atoms with Gasteiger partial charge in [0.25, 0.3) is 0 Å². The number of anilines is 1. The molecule has 3 nitrogen and oxygen atoms in total. The van der Waals surface area contributed by atoms with Crippen molar-refractivity contribution in [2.24, 2.45) is 0 Å². The van der Waals surface area contributed by atoms with E-state index in [4.69, 9.17) is 11.6 Å². The maximum atomic E-state index is 12.9. The highest BCUT2D eigenvalue weighted by atomic mass is 35.5. The van der Waals surface area contributed by atoms with Crippen LogP contribution in [0, 0.1) is 5.82 Å². The summed E-state index contributed by atoms with van der Waals surface area (Å²) in [6.07, 6.45) is 4.54. The van der Waals surface area contributed by atoms with Gasteiger partial charge in [0, 0.05) is 13.1 Å². The Morgan fingerprint density at radius 1 is 1.26 bits per heavy atom. The summed E-state index contributed by atoms with van der Waals surface area (Å²) < 4.78 is 12.9. The van der Waals surface area contributed by atoms with Gasteiger partial charge < -0.3 is 10.2 Å². The minimum Gasteiger partial charge on any atom is -0.375 e. The molecule has 0 saturated carbocycles. The number of hydrogen-bond donors (Lipinski definition) is 1. The molecule has 0 spiro atoms. The van der Waals surface area contributed by atoms with Crippen LogP contribution in [0.1, 0.15) is 25.7 Å². The number of carbonyl (C=O) groups is 1. The smallest absolute Gasteiger partial charge is 0.241 e. The number of benzene rings is 1. The fraction of sp³-hybridized carbons (Fsp3) is 0.500. The second-order valence-corrected chi connectivity index (χ2v) is 5.18. The number of nitrogens with zero attached hydrogens (tertiary/aromatic N) is 1. The highest BCUT2D eigenvalue weighted by molar-refractivity contribution is 6.33. The van der Waals surface area contributed by atoms with E-state index in [2.05, 4.69) is 5.32 Å². The molecular weight excluding hydrogens is 267 g/mol. The number of likely N-dealkylation sites (tertiary alicyclic amines) is 1. The van der Waals surface area contributed by atoms with Gasteiger partial charge in [0.15, 0.2) is 0 Å². The van der Waals surface area contributed by atoms with Gasteiger partial charge in [0.2, 0.25) is 5.91 Å². The molecule has 0 unspecified atom stereocenters. The molecule has 1 saturated heterocycles. The van der Waals surface area contributed by atoms with Crippen LogP contribution in [0.15, 0.2) is 18.2 Å². The number of nitrogens with one attached hydrogen (secondary N) is 1. The standard InChI is InChI=1S/C14H18ClFN2O/c15-12-9-11(16)5-6-13(12)17-10-14(19)18-7-3-1-2-4-8-18/h5-6,9,17H,1-4,7-8,10H2. The number of halogens is 2. The first-order valence-corrected chi connectivity index (χ1v) is 7.01. The van der Waals surface area contributed by atoms with Gasteiger partial charge in [-0.25, -0.2) is 4.39 Å². The molecule has 0 radical (unpaired) electrons. The Morgan fingerprint density at radius 2 is 1.95 bits per heavy atom. The average Bonchev–Trinajstić information content (AvgIpc) is 2.66. The van der Waals surface area contributed by atoms with Crippen LogP contribution in [0.3, 0.4) is 0 Å². The van der Waals surface area contributed by atoms with E-state index in [0.29, 0.717) is 10.7 Å². The molecule has 19 heavy (non-hydrogen) atoms. The molecule has 0 atom stereocenters. The van der Waals surface area contributed by atoms with Gasteiger partial charge >= 0.3 is 0 Å². The lowest BCUT2D eigenvalue weighted by atomic mass is 10.2. The van der Waals surface area contributed by atoms with Crippen molar-refractivity contribution in [3.8, 4) is 0 Å². The van der Waals surface area contributed by atoms with Crippen molar-refractivity contribution < 1.29 is 9.18 Å². The lowest BCUT2D eigenvalue weighted by Crippen LogP contribution is -2.36. The van der Waals surface area contributed by atoms with Gasteiger partial charge in [-0.2, -0.15) is 0 Å². The van der Waals surface area contributed by atoms with Crippen molar-refractivity contribution >= 4 is 23.2 Å². The Kier molecular flexibility index (Phi) is 5.02. The Bertz CT molecular complexity index is 445. The van der Waals surface area contributed by atoms with Crippen molar-refractivity contribution in [2.45, 2.75) is 25.7 Å². The van der Waals surface area contributed by atoms with E-state index in [-0.39, 0.29) is 18.3 Å². The van der Waals surface area contributed by atoms with Gasteiger partial charge in [-0.3, -0.25) is 4.79 Å². The van der Waals surface area contributed by atoms with Crippen molar-refractivity contribution in [2.75, 3.05) is 25.0 Å². The number of carbonyl (C=O) groups excluding carboxylic acids is 1. The summed E-state index contributed by atoms with van der Waals surface area (Å²) in [4.78, 5) is 13.9. The fourth-order valence-corrected chi connectivity index (χ4v) is 2.47. The third-order valence-electron chi connectivity index (χ3n) is 3.32. The van der Waals surface area contributed by atoms with Gasteiger partial charge in [0.1, 0.15) is 5.82 Å². The normalized spacial score (nSPS) is 16.0. The molecule has 104 valence electrons. The number of rotatable bonds is 3. The average molecular weight is 285 g/mol. The predicted octanol–water partition coefficient (Wildman–Crippen LogP) is 3.29. The second kappa shape index (κ2) is 6.75. The maximum Gasteiger partial charge on any atom is 0.241 e. The van der Waals surface area contributed by atoms with Crippen LogP contribution in [0.2, 0.25) is 5.02 Å². The molecule has 1 heterocycles. The van der Waals surface area contributed by atoms with E-state index in [9.17, 15) is 9.18 Å². The van der Waals surface area contributed by atoms with Crippen LogP contribution >= 0.6 is 11.6 Å². The minimum absolute atomic E-state index is 0.0716. The molecule has 1 aliphatic heterocycles. The van der Waals surface area contributed by atoms with Crippen molar-refractivity contribution in [1.82, 2.24) is 4.90 Å². The topological polar surface area (TPSA) is 32.3 Å². The number of amides is 1. The van der Waals surface area contributed by atoms with E-state index >= 15 is 0 Å². The summed E-state index contributed by atoms with van der Waals surface area (Å²) in [6.45, 7) is 1.86. The van der Waals surface area contributed by atoms with Gasteiger partial charge in [0.05, 0.1) is 17.3 Å². The summed E-state index contributed by atoms with van der Waals surface area (Å²) in [5.41, 5.74) is 0.589. The van der Waals surface area contributed by atoms with Gasteiger partial charge in [-0.15, -0.1) is 0 Å². The van der Waals surface area contributed by atoms with E-state index in [0.717, 1.165) is 25.9 Å². The van der Waals surface area contributed by atoms with Crippen molar-refractivity contribution in [1.29, 1.82) is 0 Å². The first-order chi connectivity index (χ1) is 9.16. The van der Waals surface area contributed by atoms with Crippen LogP contribution in [0.5, 0.6) is 0 Å². The third-order valence-corrected chi connectivity index (χ3v) is 3.63. The molecule has 1 aromatic rings. The third kappa shape index (κ3) is 4.10. The van der Waals surface area contributed by atoms with Crippen molar-refractivity contribution in [3.63, 3.8) is 0 Å². The van der Waals surface area contributed by atoms with Crippen molar-refractivity contribution in [3.05, 3.63) is 29.0 Å². The SMILES string of the molecule is O=C(CNc1ccc(F)cc1Cl)N1CCCCCC1. The molecule has 2 rings (SSSR count). The molecule has 1 N–H and O–H groups in total.